The number of hydrogen-bond acceptors (Lipinski definition) is 2. The van der Waals surface area contributed by atoms with Gasteiger partial charge in [-0.25, -0.2) is 0 Å². The van der Waals surface area contributed by atoms with Gasteiger partial charge < -0.3 is 9.84 Å². The lowest BCUT2D eigenvalue weighted by molar-refractivity contribution is -0.153. The van der Waals surface area contributed by atoms with Crippen LogP contribution < -0.4 is 0 Å². The Morgan fingerprint density at radius 3 is 2.38 bits per heavy atom. The summed E-state index contributed by atoms with van der Waals surface area (Å²) in [7, 11) is 0. The van der Waals surface area contributed by atoms with Gasteiger partial charge >= 0.3 is 6.18 Å². The van der Waals surface area contributed by atoms with Crippen molar-refractivity contribution in [1.29, 1.82) is 0 Å². The molecule has 0 aromatic rings. The van der Waals surface area contributed by atoms with Crippen LogP contribution in [-0.4, -0.2) is 24.0 Å². The van der Waals surface area contributed by atoms with Gasteiger partial charge in [0.25, 0.3) is 0 Å². The van der Waals surface area contributed by atoms with Crippen LogP contribution in [0.3, 0.4) is 0 Å². The number of hydrogen-bond donors (Lipinski definition) is 1. The summed E-state index contributed by atoms with van der Waals surface area (Å²) >= 11 is 0. The third kappa shape index (κ3) is 5.52. The summed E-state index contributed by atoms with van der Waals surface area (Å²) in [6, 6.07) is 0. The van der Waals surface area contributed by atoms with Gasteiger partial charge in [-0.2, -0.15) is 13.2 Å². The van der Waals surface area contributed by atoms with Crippen molar-refractivity contribution in [2.24, 2.45) is 0 Å². The minimum atomic E-state index is -4.37. The number of aliphatic hydroxyl groups excluding tert-OH is 1. The van der Waals surface area contributed by atoms with Crippen LogP contribution in [0.2, 0.25) is 0 Å². The van der Waals surface area contributed by atoms with E-state index in [1.807, 2.05) is 0 Å². The van der Waals surface area contributed by atoms with E-state index in [-0.39, 0.29) is 12.4 Å². The molecule has 5 heteroatoms. The molecule has 0 spiro atoms. The summed E-state index contributed by atoms with van der Waals surface area (Å²) in [5.41, 5.74) is 0. The summed E-state index contributed by atoms with van der Waals surface area (Å²) in [6.45, 7) is 3.41. The molecule has 1 atom stereocenters. The predicted molar refractivity (Wildman–Crippen MR) is 42.1 cm³/mol. The lowest BCUT2D eigenvalue weighted by atomic mass is 10.2. The van der Waals surface area contributed by atoms with E-state index in [1.165, 1.54) is 13.0 Å². The molecule has 0 aliphatic carbocycles. The Bertz CT molecular complexity index is 175. The third-order valence-corrected chi connectivity index (χ3v) is 1.35. The summed E-state index contributed by atoms with van der Waals surface area (Å²) in [6.07, 6.45) is -5.90. The second-order valence-electron chi connectivity index (χ2n) is 2.46. The Balaban J connectivity index is 4.15. The Morgan fingerprint density at radius 2 is 2.08 bits per heavy atom. The summed E-state index contributed by atoms with van der Waals surface area (Å²) in [5.74, 6) is -0.0279. The minimum Gasteiger partial charge on any atom is -0.496 e. The van der Waals surface area contributed by atoms with Crippen LogP contribution in [0.5, 0.6) is 0 Å². The van der Waals surface area contributed by atoms with E-state index in [4.69, 9.17) is 9.84 Å². The fourth-order valence-corrected chi connectivity index (χ4v) is 0.858. The van der Waals surface area contributed by atoms with E-state index in [9.17, 15) is 13.2 Å². The van der Waals surface area contributed by atoms with Crippen LogP contribution in [-0.2, 0) is 4.74 Å². The van der Waals surface area contributed by atoms with Crippen LogP contribution in [0.1, 0.15) is 20.3 Å². The summed E-state index contributed by atoms with van der Waals surface area (Å²) in [5, 5.41) is 9.06. The lowest BCUT2D eigenvalue weighted by Gasteiger charge is -2.16. The monoisotopic (exact) mass is 198 g/mol. The van der Waals surface area contributed by atoms with Crippen molar-refractivity contribution in [3.8, 4) is 0 Å². The first-order chi connectivity index (χ1) is 5.90. The van der Waals surface area contributed by atoms with Gasteiger partial charge in [0.1, 0.15) is 11.9 Å². The molecule has 0 amide bonds. The zero-order chi connectivity index (χ0) is 10.5. The third-order valence-electron chi connectivity index (χ3n) is 1.35. The van der Waals surface area contributed by atoms with Crippen molar-refractivity contribution in [3.05, 3.63) is 11.8 Å². The van der Waals surface area contributed by atoms with Gasteiger partial charge in [0.05, 0.1) is 13.0 Å². The zero-order valence-corrected chi connectivity index (χ0v) is 7.56. The van der Waals surface area contributed by atoms with Crippen molar-refractivity contribution in [3.63, 3.8) is 0 Å². The van der Waals surface area contributed by atoms with Crippen LogP contribution >= 0.6 is 0 Å². The number of ether oxygens (including phenoxy) is 1. The summed E-state index contributed by atoms with van der Waals surface area (Å²) < 4.78 is 40.2. The van der Waals surface area contributed by atoms with Crippen LogP contribution in [0.25, 0.3) is 0 Å². The van der Waals surface area contributed by atoms with E-state index in [1.54, 1.807) is 6.92 Å². The Labute approximate surface area is 75.0 Å². The van der Waals surface area contributed by atoms with E-state index < -0.39 is 18.7 Å². The highest BCUT2D eigenvalue weighted by molar-refractivity contribution is 4.98. The molecule has 0 fully saturated rings. The number of halogens is 3. The number of aliphatic hydroxyl groups is 1. The zero-order valence-electron chi connectivity index (χ0n) is 7.56. The topological polar surface area (TPSA) is 29.5 Å². The first kappa shape index (κ1) is 12.3. The van der Waals surface area contributed by atoms with E-state index in [2.05, 4.69) is 0 Å². The van der Waals surface area contributed by atoms with Crippen LogP contribution in [0.4, 0.5) is 13.2 Å². The van der Waals surface area contributed by atoms with Crippen LogP contribution in [0, 0.1) is 0 Å². The highest BCUT2D eigenvalue weighted by atomic mass is 19.4. The Hall–Kier alpha value is -0.710. The van der Waals surface area contributed by atoms with Gasteiger partial charge in [-0.15, -0.1) is 0 Å². The van der Waals surface area contributed by atoms with E-state index >= 15 is 0 Å². The van der Waals surface area contributed by atoms with Crippen molar-refractivity contribution >= 4 is 0 Å². The average molecular weight is 198 g/mol. The SMILES string of the molecule is C/C=C(\OCC)C(O)CC(F)(F)F. The molecular formula is C8H13F3O2. The molecule has 0 bridgehead atoms. The number of rotatable bonds is 4. The largest absolute Gasteiger partial charge is 0.496 e. The molecule has 78 valence electrons. The normalized spacial score (nSPS) is 15.7. The fourth-order valence-electron chi connectivity index (χ4n) is 0.858. The number of alkyl halides is 3. The van der Waals surface area contributed by atoms with Crippen LogP contribution in [0.15, 0.2) is 11.8 Å². The quantitative estimate of drug-likeness (QED) is 0.702. The standard InChI is InChI=1S/C8H13F3O2/c1-3-7(13-4-2)6(12)5-8(9,10)11/h3,6,12H,4-5H2,1-2H3/b7-3-. The maximum atomic E-state index is 11.8. The molecule has 0 heterocycles. The molecular weight excluding hydrogens is 185 g/mol. The molecule has 0 aliphatic heterocycles. The smallest absolute Gasteiger partial charge is 0.392 e. The molecule has 0 rings (SSSR count). The second kappa shape index (κ2) is 5.11. The fraction of sp³-hybridized carbons (Fsp3) is 0.750. The molecule has 13 heavy (non-hydrogen) atoms. The molecule has 0 radical (unpaired) electrons. The second-order valence-corrected chi connectivity index (χ2v) is 2.46. The maximum Gasteiger partial charge on any atom is 0.392 e. The van der Waals surface area contributed by atoms with Gasteiger partial charge in [-0.05, 0) is 19.9 Å². The van der Waals surface area contributed by atoms with Gasteiger partial charge in [0.2, 0.25) is 0 Å². The van der Waals surface area contributed by atoms with E-state index in [0.29, 0.717) is 0 Å². The molecule has 0 aromatic carbocycles. The molecule has 2 nitrogen and oxygen atoms in total. The molecule has 1 N–H and O–H groups in total. The molecule has 0 saturated heterocycles. The minimum absolute atomic E-state index is 0.0279. The first-order valence-corrected chi connectivity index (χ1v) is 3.94. The highest BCUT2D eigenvalue weighted by Crippen LogP contribution is 2.24. The molecule has 0 aliphatic rings. The highest BCUT2D eigenvalue weighted by Gasteiger charge is 2.32. The molecule has 1 unspecified atom stereocenters. The molecule has 0 saturated carbocycles. The van der Waals surface area contributed by atoms with Gasteiger partial charge in [-0.3, -0.25) is 0 Å². The maximum absolute atomic E-state index is 11.8. The van der Waals surface area contributed by atoms with Gasteiger partial charge in [0.15, 0.2) is 0 Å². The van der Waals surface area contributed by atoms with Gasteiger partial charge in [-0.1, -0.05) is 0 Å². The number of allylic oxidation sites excluding steroid dienone is 1. The molecule has 0 aromatic heterocycles. The van der Waals surface area contributed by atoms with Crippen molar-refractivity contribution in [2.75, 3.05) is 6.61 Å². The Kier molecular flexibility index (Phi) is 4.83. The van der Waals surface area contributed by atoms with Gasteiger partial charge in [0, 0.05) is 0 Å². The van der Waals surface area contributed by atoms with Crippen molar-refractivity contribution in [1.82, 2.24) is 0 Å². The first-order valence-electron chi connectivity index (χ1n) is 3.94. The average Bonchev–Trinajstić information content (AvgIpc) is 1.96. The lowest BCUT2D eigenvalue weighted by Crippen LogP contribution is -2.22. The summed E-state index contributed by atoms with van der Waals surface area (Å²) in [4.78, 5) is 0. The van der Waals surface area contributed by atoms with Crippen molar-refractivity contribution in [2.45, 2.75) is 32.5 Å². The predicted octanol–water partition coefficient (Wildman–Crippen LogP) is 2.24. The van der Waals surface area contributed by atoms with E-state index in [0.717, 1.165) is 0 Å². The Morgan fingerprint density at radius 1 is 1.54 bits per heavy atom. The van der Waals surface area contributed by atoms with Crippen molar-refractivity contribution < 1.29 is 23.0 Å².